The lowest BCUT2D eigenvalue weighted by atomic mass is 10.0. The van der Waals surface area contributed by atoms with Crippen LogP contribution in [0.5, 0.6) is 0 Å². The first kappa shape index (κ1) is 42.9. The zero-order valence-electron chi connectivity index (χ0n) is 29.1. The first-order valence-electron chi connectivity index (χ1n) is 18.8. The molecule has 0 aromatic rings. The van der Waals surface area contributed by atoms with Gasteiger partial charge in [0.15, 0.2) is 0 Å². The lowest BCUT2D eigenvalue weighted by Crippen LogP contribution is -3.00. The fraction of sp³-hybridized carbons (Fsp3) is 0.897. The standard InChI is InChI=1S/C39H78N.ClH/c1-5-7-9-11-13-15-17-19-21-23-25-27-29-31-33-35-37-39-40(3,4)38-36-34-32-30-28-26-24-22-20-18-16-14-12-10-8-6-2;/h35-38H,5-34,39H2,1-4H3;1H/q+1;/p-1. The molecule has 0 saturated carbocycles. The van der Waals surface area contributed by atoms with Gasteiger partial charge in [-0.05, 0) is 37.8 Å². The lowest BCUT2D eigenvalue weighted by Gasteiger charge is -2.23. The van der Waals surface area contributed by atoms with Crippen molar-refractivity contribution in [2.24, 2.45) is 0 Å². The number of nitrogens with zero attached hydrogens (tertiary/aromatic N) is 1. The summed E-state index contributed by atoms with van der Waals surface area (Å²) < 4.78 is 0.980. The van der Waals surface area contributed by atoms with Crippen LogP contribution in [-0.2, 0) is 0 Å². The zero-order chi connectivity index (χ0) is 29.2. The number of unbranched alkanes of at least 4 members (excludes halogenated alkanes) is 28. The maximum atomic E-state index is 2.43. The van der Waals surface area contributed by atoms with Crippen LogP contribution in [0, 0.1) is 0 Å². The van der Waals surface area contributed by atoms with Gasteiger partial charge in [0.1, 0.15) is 6.54 Å². The summed E-state index contributed by atoms with van der Waals surface area (Å²) in [4.78, 5) is 0. The molecular formula is C39H78ClN. The lowest BCUT2D eigenvalue weighted by molar-refractivity contribution is -0.832. The predicted octanol–water partition coefficient (Wildman–Crippen LogP) is 10.9. The van der Waals surface area contributed by atoms with Crippen molar-refractivity contribution in [2.75, 3.05) is 20.6 Å². The third kappa shape index (κ3) is 37.7. The largest absolute Gasteiger partial charge is 1.00 e. The Balaban J connectivity index is 0. The smallest absolute Gasteiger partial charge is 0.101 e. The zero-order valence-corrected chi connectivity index (χ0v) is 29.8. The maximum Gasteiger partial charge on any atom is 0.101 e. The second kappa shape index (κ2) is 35.9. The molecule has 0 rings (SSSR count). The molecule has 0 spiro atoms. The summed E-state index contributed by atoms with van der Waals surface area (Å²) in [5, 5.41) is 0. The topological polar surface area (TPSA) is 0 Å². The van der Waals surface area contributed by atoms with Crippen LogP contribution in [0.25, 0.3) is 0 Å². The minimum atomic E-state index is 0. The van der Waals surface area contributed by atoms with Crippen molar-refractivity contribution in [1.82, 2.24) is 0 Å². The first-order chi connectivity index (χ1) is 19.6. The van der Waals surface area contributed by atoms with Crippen LogP contribution < -0.4 is 12.4 Å². The van der Waals surface area contributed by atoms with E-state index >= 15 is 0 Å². The molecule has 0 N–H and O–H groups in total. The van der Waals surface area contributed by atoms with Crippen LogP contribution in [0.2, 0.25) is 0 Å². The molecule has 246 valence electrons. The van der Waals surface area contributed by atoms with E-state index in [1.54, 1.807) is 0 Å². The quantitative estimate of drug-likeness (QED) is 0.0402. The molecule has 0 saturated heterocycles. The number of hydrogen-bond donors (Lipinski definition) is 0. The molecule has 0 unspecified atom stereocenters. The second-order valence-corrected chi connectivity index (χ2v) is 13.6. The van der Waals surface area contributed by atoms with Crippen molar-refractivity contribution in [3.05, 3.63) is 24.4 Å². The monoisotopic (exact) mass is 596 g/mol. The average Bonchev–Trinajstić information content (AvgIpc) is 2.94. The van der Waals surface area contributed by atoms with Crippen molar-refractivity contribution < 1.29 is 16.9 Å². The molecule has 0 radical (unpaired) electrons. The van der Waals surface area contributed by atoms with E-state index in [1.807, 2.05) is 0 Å². The van der Waals surface area contributed by atoms with E-state index in [1.165, 1.54) is 193 Å². The minimum Gasteiger partial charge on any atom is -1.00 e. The molecule has 0 bridgehead atoms. The SMILES string of the molecule is CCCCCCCCCCCCCCCCC=CC[N+](C)(C)C=CCCCCCCCCCCCCCCCC.[Cl-]. The van der Waals surface area contributed by atoms with Crippen molar-refractivity contribution in [3.63, 3.8) is 0 Å². The molecule has 0 aliphatic carbocycles. The minimum absolute atomic E-state index is 0. The predicted molar refractivity (Wildman–Crippen MR) is 185 cm³/mol. The summed E-state index contributed by atoms with van der Waals surface area (Å²) in [5.74, 6) is 0. The molecule has 0 aromatic heterocycles. The Bertz CT molecular complexity index is 524. The molecular weight excluding hydrogens is 518 g/mol. The molecule has 0 aliphatic heterocycles. The van der Waals surface area contributed by atoms with Gasteiger partial charge in [-0.25, -0.2) is 0 Å². The van der Waals surface area contributed by atoms with Crippen LogP contribution >= 0.6 is 0 Å². The highest BCUT2D eigenvalue weighted by molar-refractivity contribution is 4.83. The third-order valence-corrected chi connectivity index (χ3v) is 8.70. The summed E-state index contributed by atoms with van der Waals surface area (Å²) in [6.07, 6.45) is 52.6. The number of allylic oxidation sites excluding steroid dienone is 2. The number of halogens is 1. The van der Waals surface area contributed by atoms with E-state index in [9.17, 15) is 0 Å². The fourth-order valence-corrected chi connectivity index (χ4v) is 5.80. The summed E-state index contributed by atoms with van der Waals surface area (Å²) in [5.41, 5.74) is 0. The van der Waals surface area contributed by atoms with Gasteiger partial charge < -0.3 is 12.4 Å². The third-order valence-electron chi connectivity index (χ3n) is 8.70. The molecule has 41 heavy (non-hydrogen) atoms. The van der Waals surface area contributed by atoms with Gasteiger partial charge in [-0.2, -0.15) is 0 Å². The number of likely N-dealkylation sites (N-methyl/N-ethyl adjacent to an activating group) is 1. The molecule has 0 amide bonds. The van der Waals surface area contributed by atoms with Crippen molar-refractivity contribution in [1.29, 1.82) is 0 Å². The number of quaternary nitrogens is 1. The highest BCUT2D eigenvalue weighted by Crippen LogP contribution is 2.15. The van der Waals surface area contributed by atoms with Crippen molar-refractivity contribution >= 4 is 0 Å². The Morgan fingerprint density at radius 1 is 0.341 bits per heavy atom. The summed E-state index contributed by atoms with van der Waals surface area (Å²) in [7, 11) is 4.66. The summed E-state index contributed by atoms with van der Waals surface area (Å²) in [6, 6.07) is 0. The van der Waals surface area contributed by atoms with Gasteiger partial charge in [-0.3, -0.25) is 4.48 Å². The van der Waals surface area contributed by atoms with Gasteiger partial charge in [0.05, 0.1) is 20.3 Å². The average molecular weight is 597 g/mol. The van der Waals surface area contributed by atoms with E-state index in [4.69, 9.17) is 0 Å². The summed E-state index contributed by atoms with van der Waals surface area (Å²) >= 11 is 0. The molecule has 0 fully saturated rings. The van der Waals surface area contributed by atoms with E-state index < -0.39 is 0 Å². The summed E-state index contributed by atoms with van der Waals surface area (Å²) in [6.45, 7) is 5.73. The van der Waals surface area contributed by atoms with E-state index in [2.05, 4.69) is 52.4 Å². The fourth-order valence-electron chi connectivity index (χ4n) is 5.80. The van der Waals surface area contributed by atoms with E-state index in [0.717, 1.165) is 11.0 Å². The van der Waals surface area contributed by atoms with Gasteiger partial charge in [0, 0.05) is 0 Å². The first-order valence-corrected chi connectivity index (χ1v) is 18.8. The molecule has 0 heterocycles. The Labute approximate surface area is 267 Å². The molecule has 1 nitrogen and oxygen atoms in total. The highest BCUT2D eigenvalue weighted by Gasteiger charge is 2.07. The molecule has 0 atom stereocenters. The van der Waals surface area contributed by atoms with Crippen molar-refractivity contribution in [2.45, 2.75) is 206 Å². The highest BCUT2D eigenvalue weighted by atomic mass is 35.5. The van der Waals surface area contributed by atoms with E-state index in [-0.39, 0.29) is 12.4 Å². The maximum absolute atomic E-state index is 2.43. The molecule has 0 aromatic carbocycles. The number of rotatable bonds is 33. The van der Waals surface area contributed by atoms with E-state index in [0.29, 0.717) is 0 Å². The van der Waals surface area contributed by atoms with Gasteiger partial charge in [-0.15, -0.1) is 0 Å². The molecule has 0 aliphatic rings. The Morgan fingerprint density at radius 3 is 0.927 bits per heavy atom. The van der Waals surface area contributed by atoms with Gasteiger partial charge >= 0.3 is 0 Å². The van der Waals surface area contributed by atoms with Crippen LogP contribution in [0.4, 0.5) is 0 Å². The van der Waals surface area contributed by atoms with Gasteiger partial charge in [0.25, 0.3) is 0 Å². The van der Waals surface area contributed by atoms with Crippen LogP contribution in [0.1, 0.15) is 206 Å². The van der Waals surface area contributed by atoms with Crippen LogP contribution in [0.3, 0.4) is 0 Å². The Morgan fingerprint density at radius 2 is 0.610 bits per heavy atom. The van der Waals surface area contributed by atoms with Crippen LogP contribution in [-0.4, -0.2) is 25.1 Å². The van der Waals surface area contributed by atoms with Gasteiger partial charge in [-0.1, -0.05) is 187 Å². The normalized spacial score (nSPS) is 12.1. The Kier molecular flexibility index (Phi) is 37.6. The van der Waals surface area contributed by atoms with Gasteiger partial charge in [0.2, 0.25) is 0 Å². The Hall–Kier alpha value is -0.270. The van der Waals surface area contributed by atoms with Crippen molar-refractivity contribution in [3.8, 4) is 0 Å². The van der Waals surface area contributed by atoms with Crippen LogP contribution in [0.15, 0.2) is 24.4 Å². The second-order valence-electron chi connectivity index (χ2n) is 13.6. The molecule has 2 heteroatoms. The number of hydrogen-bond acceptors (Lipinski definition) is 0.